The minimum absolute atomic E-state index is 0. The van der Waals surface area contributed by atoms with Crippen molar-refractivity contribution in [2.45, 2.75) is 13.0 Å². The number of nitrogen functional groups attached to an aromatic ring is 1. The van der Waals surface area contributed by atoms with Gasteiger partial charge in [-0.05, 0) is 24.6 Å². The van der Waals surface area contributed by atoms with Crippen molar-refractivity contribution in [3.63, 3.8) is 0 Å². The average molecular weight is 264 g/mol. The fourth-order valence-electron chi connectivity index (χ4n) is 1.50. The summed E-state index contributed by atoms with van der Waals surface area (Å²) in [5, 5.41) is 8.73. The number of nitrogens with zero attached hydrogens (tertiary/aromatic N) is 2. The van der Waals surface area contributed by atoms with Crippen molar-refractivity contribution in [2.24, 2.45) is 0 Å². The number of benzene rings is 1. The molecule has 0 atom stereocenters. The minimum atomic E-state index is 0. The quantitative estimate of drug-likeness (QED) is 0.831. The lowest BCUT2D eigenvalue weighted by Gasteiger charge is -2.01. The third-order valence-corrected chi connectivity index (χ3v) is 2.20. The molecule has 0 spiro atoms. The van der Waals surface area contributed by atoms with Crippen molar-refractivity contribution < 1.29 is 5.11 Å². The third-order valence-electron chi connectivity index (χ3n) is 2.20. The number of nitrogens with two attached hydrogens (primary N) is 1. The Balaban J connectivity index is 0.00000112. The molecule has 0 aliphatic rings. The van der Waals surface area contributed by atoms with Crippen molar-refractivity contribution in [1.82, 2.24) is 9.55 Å². The molecule has 0 saturated heterocycles. The van der Waals surface area contributed by atoms with Gasteiger partial charge >= 0.3 is 0 Å². The smallest absolute Gasteiger partial charge is 0.0958 e. The van der Waals surface area contributed by atoms with Gasteiger partial charge in [0, 0.05) is 18.8 Å². The molecule has 6 heteroatoms. The lowest BCUT2D eigenvalue weighted by Crippen LogP contribution is -1.98. The van der Waals surface area contributed by atoms with Crippen LogP contribution >= 0.6 is 24.8 Å². The second-order valence-electron chi connectivity index (χ2n) is 3.26. The van der Waals surface area contributed by atoms with Crippen LogP contribution in [0.5, 0.6) is 0 Å². The van der Waals surface area contributed by atoms with Gasteiger partial charge in [-0.2, -0.15) is 0 Å². The number of aliphatic hydroxyl groups is 1. The number of aryl methyl sites for hydroxylation is 1. The zero-order valence-corrected chi connectivity index (χ0v) is 10.3. The average Bonchev–Trinajstić information content (AvgIpc) is 2.57. The van der Waals surface area contributed by atoms with Crippen LogP contribution in [0.4, 0.5) is 5.69 Å². The Hall–Kier alpha value is -0.970. The zero-order chi connectivity index (χ0) is 9.97. The summed E-state index contributed by atoms with van der Waals surface area (Å²) < 4.78 is 2.02. The third kappa shape index (κ3) is 3.01. The Labute approximate surface area is 106 Å². The summed E-state index contributed by atoms with van der Waals surface area (Å²) in [4.78, 5) is 4.23. The summed E-state index contributed by atoms with van der Waals surface area (Å²) >= 11 is 0. The van der Waals surface area contributed by atoms with Crippen LogP contribution in [0.1, 0.15) is 6.42 Å². The Morgan fingerprint density at radius 3 is 2.75 bits per heavy atom. The molecule has 0 aliphatic heterocycles. The van der Waals surface area contributed by atoms with Crippen LogP contribution in [0.3, 0.4) is 0 Å². The summed E-state index contributed by atoms with van der Waals surface area (Å²) in [6, 6.07) is 5.67. The molecule has 1 heterocycles. The summed E-state index contributed by atoms with van der Waals surface area (Å²) in [6.45, 7) is 0.992. The van der Waals surface area contributed by atoms with Crippen molar-refractivity contribution >= 4 is 41.5 Å². The van der Waals surface area contributed by atoms with Gasteiger partial charge in [0.25, 0.3) is 0 Å². The molecule has 0 bridgehead atoms. The van der Waals surface area contributed by atoms with E-state index < -0.39 is 0 Å². The van der Waals surface area contributed by atoms with Gasteiger partial charge in [-0.3, -0.25) is 0 Å². The van der Waals surface area contributed by atoms with E-state index >= 15 is 0 Å². The molecule has 0 unspecified atom stereocenters. The summed E-state index contributed by atoms with van der Waals surface area (Å²) in [6.07, 6.45) is 2.52. The zero-order valence-electron chi connectivity index (χ0n) is 8.67. The largest absolute Gasteiger partial charge is 0.399 e. The first-order chi connectivity index (χ1) is 6.81. The van der Waals surface area contributed by atoms with Gasteiger partial charge in [-0.25, -0.2) is 4.98 Å². The van der Waals surface area contributed by atoms with Crippen molar-refractivity contribution in [3.8, 4) is 0 Å². The SMILES string of the molecule is Cl.Cl.Nc1ccc2c(c1)ncn2CCCO. The van der Waals surface area contributed by atoms with E-state index in [1.807, 2.05) is 22.8 Å². The Morgan fingerprint density at radius 1 is 1.31 bits per heavy atom. The normalized spacial score (nSPS) is 9.56. The lowest BCUT2D eigenvalue weighted by atomic mass is 10.3. The van der Waals surface area contributed by atoms with E-state index in [2.05, 4.69) is 4.98 Å². The molecule has 4 nitrogen and oxygen atoms in total. The predicted octanol–water partition coefficient (Wildman–Crippen LogP) is 1.84. The van der Waals surface area contributed by atoms with Gasteiger partial charge in [0.1, 0.15) is 0 Å². The van der Waals surface area contributed by atoms with E-state index in [9.17, 15) is 0 Å². The Morgan fingerprint density at radius 2 is 2.06 bits per heavy atom. The van der Waals surface area contributed by atoms with E-state index in [0.717, 1.165) is 29.7 Å². The number of halogens is 2. The molecule has 0 saturated carbocycles. The maximum Gasteiger partial charge on any atom is 0.0958 e. The molecule has 2 aromatic rings. The fraction of sp³-hybridized carbons (Fsp3) is 0.300. The van der Waals surface area contributed by atoms with Gasteiger partial charge in [0.2, 0.25) is 0 Å². The first-order valence-electron chi connectivity index (χ1n) is 4.62. The van der Waals surface area contributed by atoms with E-state index in [1.54, 1.807) is 6.33 Å². The lowest BCUT2D eigenvalue weighted by molar-refractivity contribution is 0.280. The molecule has 1 aromatic heterocycles. The van der Waals surface area contributed by atoms with E-state index in [-0.39, 0.29) is 31.4 Å². The highest BCUT2D eigenvalue weighted by atomic mass is 35.5. The van der Waals surface area contributed by atoms with Crippen molar-refractivity contribution in [1.29, 1.82) is 0 Å². The highest BCUT2D eigenvalue weighted by molar-refractivity contribution is 5.85. The standard InChI is InChI=1S/C10H13N3O.2ClH/c11-8-2-3-10-9(6-8)12-7-13(10)4-1-5-14;;/h2-3,6-7,14H,1,4-5,11H2;2*1H. The second kappa shape index (κ2) is 6.58. The Bertz CT molecular complexity index is 445. The maximum atomic E-state index is 8.73. The molecule has 0 aliphatic carbocycles. The van der Waals surface area contributed by atoms with Crippen LogP contribution in [0.15, 0.2) is 24.5 Å². The molecule has 0 radical (unpaired) electrons. The molecule has 0 amide bonds. The van der Waals surface area contributed by atoms with E-state index in [0.29, 0.717) is 0 Å². The highest BCUT2D eigenvalue weighted by Crippen LogP contribution is 2.16. The monoisotopic (exact) mass is 263 g/mol. The number of rotatable bonds is 3. The van der Waals surface area contributed by atoms with Gasteiger partial charge in [0.15, 0.2) is 0 Å². The van der Waals surface area contributed by atoms with Crippen LogP contribution in [0.25, 0.3) is 11.0 Å². The van der Waals surface area contributed by atoms with Gasteiger partial charge in [0.05, 0.1) is 17.4 Å². The van der Waals surface area contributed by atoms with E-state index in [1.165, 1.54) is 0 Å². The summed E-state index contributed by atoms with van der Waals surface area (Å²) in [5.74, 6) is 0. The Kier molecular flexibility index (Phi) is 6.18. The fourth-order valence-corrected chi connectivity index (χ4v) is 1.50. The topological polar surface area (TPSA) is 64.1 Å². The molecule has 0 fully saturated rings. The van der Waals surface area contributed by atoms with Crippen LogP contribution < -0.4 is 5.73 Å². The van der Waals surface area contributed by atoms with Gasteiger partial charge < -0.3 is 15.4 Å². The number of aromatic nitrogens is 2. The van der Waals surface area contributed by atoms with Gasteiger partial charge in [-0.1, -0.05) is 0 Å². The minimum Gasteiger partial charge on any atom is -0.399 e. The van der Waals surface area contributed by atoms with E-state index in [4.69, 9.17) is 10.8 Å². The molecule has 1 aromatic carbocycles. The molecule has 3 N–H and O–H groups in total. The molecule has 16 heavy (non-hydrogen) atoms. The first-order valence-corrected chi connectivity index (χ1v) is 4.62. The number of imidazole rings is 1. The first kappa shape index (κ1) is 15.0. The van der Waals surface area contributed by atoms with Crippen LogP contribution in [-0.4, -0.2) is 21.3 Å². The molecule has 2 rings (SSSR count). The number of hydrogen-bond acceptors (Lipinski definition) is 3. The number of hydrogen-bond donors (Lipinski definition) is 2. The highest BCUT2D eigenvalue weighted by Gasteiger charge is 2.01. The van der Waals surface area contributed by atoms with Gasteiger partial charge in [-0.15, -0.1) is 24.8 Å². The van der Waals surface area contributed by atoms with Crippen LogP contribution in [0.2, 0.25) is 0 Å². The summed E-state index contributed by atoms with van der Waals surface area (Å²) in [5.41, 5.74) is 8.34. The number of aliphatic hydroxyl groups excluding tert-OH is 1. The second-order valence-corrected chi connectivity index (χ2v) is 3.26. The number of fused-ring (bicyclic) bond motifs is 1. The molecular formula is C10H15Cl2N3O. The molecule has 90 valence electrons. The van der Waals surface area contributed by atoms with Crippen molar-refractivity contribution in [3.05, 3.63) is 24.5 Å². The predicted molar refractivity (Wildman–Crippen MR) is 70.3 cm³/mol. The molecular weight excluding hydrogens is 249 g/mol. The van der Waals surface area contributed by atoms with Crippen LogP contribution in [0, 0.1) is 0 Å². The maximum absolute atomic E-state index is 8.73. The summed E-state index contributed by atoms with van der Waals surface area (Å²) in [7, 11) is 0. The number of anilines is 1. The van der Waals surface area contributed by atoms with Crippen molar-refractivity contribution in [2.75, 3.05) is 12.3 Å². The van der Waals surface area contributed by atoms with Crippen LogP contribution in [-0.2, 0) is 6.54 Å².